The number of fused-ring (bicyclic) bond motifs is 4. The van der Waals surface area contributed by atoms with Crippen molar-refractivity contribution >= 4 is 45.8 Å². The molecule has 4 aliphatic heterocycles. The minimum Gasteiger partial charge on any atom is -0.493 e. The molecule has 12 heterocycles. The summed E-state index contributed by atoms with van der Waals surface area (Å²) < 4.78 is 20.3. The van der Waals surface area contributed by atoms with Gasteiger partial charge in [0.05, 0.1) is 41.4 Å². The van der Waals surface area contributed by atoms with Crippen LogP contribution in [0, 0.1) is 35.5 Å². The summed E-state index contributed by atoms with van der Waals surface area (Å²) in [4.78, 5) is 58.4. The highest BCUT2D eigenvalue weighted by Gasteiger charge is 2.33. The minimum absolute atomic E-state index is 0.0922. The fourth-order valence-electron chi connectivity index (χ4n) is 12.5. The largest absolute Gasteiger partial charge is 0.493 e. The molecule has 8 aromatic heterocycles. The van der Waals surface area contributed by atoms with E-state index in [0.29, 0.717) is 112 Å². The van der Waals surface area contributed by atoms with Crippen molar-refractivity contribution in [1.82, 2.24) is 68.4 Å². The van der Waals surface area contributed by atoms with Gasteiger partial charge in [-0.15, -0.1) is 0 Å². The molecule has 2 unspecified atom stereocenters. The van der Waals surface area contributed by atoms with E-state index in [4.69, 9.17) is 51.0 Å². The van der Waals surface area contributed by atoms with Gasteiger partial charge in [0.2, 0.25) is 0 Å². The summed E-state index contributed by atoms with van der Waals surface area (Å²) in [7, 11) is 0. The molecule has 10 aromatic rings. The van der Waals surface area contributed by atoms with E-state index in [1.807, 2.05) is 85.9 Å². The Kier molecular flexibility index (Phi) is 13.3. The number of imidazole rings is 2. The van der Waals surface area contributed by atoms with E-state index < -0.39 is 0 Å². The summed E-state index contributed by atoms with van der Waals surface area (Å²) in [5.74, 6) is 16.6. The SMILES string of the molecule is CC#CC(=O)N1CCC(CC2COc3cc(-n4c(-c5cc(-c6ccn(-c7ccc8nc(-c9cccnc9N)n(-c9ccc%10c(c9)OCC%10CC9CCN(C(=O)C#CC)CC9)c8n7)n6)cnc5N)nc5ccc(-n6cccn6)nc54)ccc32)CC1. The van der Waals surface area contributed by atoms with E-state index in [2.05, 4.69) is 70.2 Å². The van der Waals surface area contributed by atoms with E-state index in [-0.39, 0.29) is 29.5 Å². The molecule has 0 bridgehead atoms. The third kappa shape index (κ3) is 9.54. The van der Waals surface area contributed by atoms with Gasteiger partial charge in [0.1, 0.15) is 34.2 Å². The monoisotopic (exact) mass is 1110 g/mol. The zero-order chi connectivity index (χ0) is 57.0. The number of nitrogens with zero attached hydrogens (tertiary/aromatic N) is 14. The molecule has 2 saturated heterocycles. The maximum atomic E-state index is 12.5. The van der Waals surface area contributed by atoms with Crippen molar-refractivity contribution in [2.45, 2.75) is 64.2 Å². The Hall–Kier alpha value is -10.3. The van der Waals surface area contributed by atoms with Gasteiger partial charge in [-0.1, -0.05) is 24.0 Å². The van der Waals surface area contributed by atoms with Crippen molar-refractivity contribution in [3.8, 4) is 92.2 Å². The van der Waals surface area contributed by atoms with Gasteiger partial charge in [0.25, 0.3) is 11.8 Å². The van der Waals surface area contributed by atoms with E-state index >= 15 is 0 Å². The lowest BCUT2D eigenvalue weighted by atomic mass is 9.85. The first kappa shape index (κ1) is 51.8. The average Bonchev–Trinajstić information content (AvgIpc) is 2.72. The number of hydrogen-bond donors (Lipinski definition) is 2. The second-order valence-electron chi connectivity index (χ2n) is 21.9. The summed E-state index contributed by atoms with van der Waals surface area (Å²) in [5, 5.41) is 9.54. The van der Waals surface area contributed by atoms with Crippen LogP contribution >= 0.6 is 0 Å². The highest BCUT2D eigenvalue weighted by molar-refractivity contribution is 5.94. The number of carbonyl (C=O) groups excluding carboxylic acids is 2. The second-order valence-corrected chi connectivity index (χ2v) is 21.9. The Balaban J connectivity index is 0.773. The van der Waals surface area contributed by atoms with Crippen LogP contribution in [0.1, 0.15) is 75.3 Å². The first-order valence-corrected chi connectivity index (χ1v) is 28.4. The molecule has 0 radical (unpaired) electrons. The highest BCUT2D eigenvalue weighted by Crippen LogP contribution is 2.44. The normalized spacial score (nSPS) is 16.8. The molecule has 0 spiro atoms. The number of likely N-dealkylation sites (tertiary alicyclic amines) is 2. The van der Waals surface area contributed by atoms with Crippen molar-refractivity contribution in [2.24, 2.45) is 11.8 Å². The fraction of sp³-hybridized carbons (Fsp3) is 0.281. The number of benzene rings is 2. The maximum absolute atomic E-state index is 12.5. The molecular weight excluding hydrogens is 1060 g/mol. The Labute approximate surface area is 483 Å². The molecule has 84 heavy (non-hydrogen) atoms. The maximum Gasteiger partial charge on any atom is 0.298 e. The van der Waals surface area contributed by atoms with E-state index in [9.17, 15) is 9.59 Å². The molecule has 0 saturated carbocycles. The standard InChI is InChI=1S/C64H58N16O4/c1-3-7-57(81)75-26-18-39(19-27-75)31-42-37-83-53-34-44(10-12-46(42)53)79-61(48-9-5-23-67-59(48)65)70-51-15-17-56(73-64(51)79)78-30-22-50(74-78)41-33-49(60(66)68-36-41)62-71-52-14-16-55(77-25-6-24-69-77)72-63(52)80(62)45-11-13-47-43(38-84-54(47)35-45)32-40-20-28-76(29-21-40)58(82)8-4-2/h5-6,9-17,22-25,30,33-36,39-40,42-43H,18-21,26-29,31-32,37-38H2,1-2H3,(H2,65,67)(H2,66,68). The summed E-state index contributed by atoms with van der Waals surface area (Å²) in [5.41, 5.74) is 22.4. The summed E-state index contributed by atoms with van der Waals surface area (Å²) in [6, 6.07) is 29.7. The van der Waals surface area contributed by atoms with Crippen LogP contribution in [0.15, 0.2) is 122 Å². The number of pyridine rings is 4. The van der Waals surface area contributed by atoms with Crippen LogP contribution in [0.4, 0.5) is 11.6 Å². The predicted molar refractivity (Wildman–Crippen MR) is 317 cm³/mol. The molecule has 2 fully saturated rings. The number of ether oxygens (including phenoxy) is 2. The van der Waals surface area contributed by atoms with Crippen LogP contribution in [0.2, 0.25) is 0 Å². The number of rotatable bonds is 11. The summed E-state index contributed by atoms with van der Waals surface area (Å²) in [6.07, 6.45) is 14.5. The molecule has 20 heteroatoms. The van der Waals surface area contributed by atoms with E-state index in [0.717, 1.165) is 85.6 Å². The van der Waals surface area contributed by atoms with Crippen LogP contribution in [-0.4, -0.2) is 120 Å². The minimum atomic E-state index is -0.0940. The van der Waals surface area contributed by atoms with Gasteiger partial charge < -0.3 is 30.7 Å². The van der Waals surface area contributed by atoms with Crippen LogP contribution in [0.3, 0.4) is 0 Å². The van der Waals surface area contributed by atoms with Gasteiger partial charge in [0.15, 0.2) is 34.6 Å². The number of carbonyl (C=O) groups is 2. The first-order chi connectivity index (χ1) is 41.1. The number of nitrogen functional groups attached to an aromatic ring is 2. The molecule has 4 N–H and O–H groups in total. The molecule has 418 valence electrons. The van der Waals surface area contributed by atoms with E-state index in [1.165, 1.54) is 0 Å². The molecule has 0 aliphatic carbocycles. The quantitative estimate of drug-likeness (QED) is 0.115. The Morgan fingerprint density at radius 2 is 1.15 bits per heavy atom. The second kappa shape index (κ2) is 21.5. The number of amides is 2. The van der Waals surface area contributed by atoms with Crippen molar-refractivity contribution < 1.29 is 19.1 Å². The molecule has 14 rings (SSSR count). The predicted octanol–water partition coefficient (Wildman–Crippen LogP) is 8.74. The van der Waals surface area contributed by atoms with Crippen molar-refractivity contribution in [1.29, 1.82) is 0 Å². The lowest BCUT2D eigenvalue weighted by molar-refractivity contribution is -0.127. The molecule has 2 amide bonds. The lowest BCUT2D eigenvalue weighted by Crippen LogP contribution is -2.38. The van der Waals surface area contributed by atoms with Gasteiger partial charge in [-0.05, 0) is 143 Å². The number of piperidine rings is 2. The zero-order valence-corrected chi connectivity index (χ0v) is 46.4. The third-order valence-corrected chi connectivity index (χ3v) is 16.9. The van der Waals surface area contributed by atoms with Gasteiger partial charge in [0, 0.05) is 97.8 Å². The van der Waals surface area contributed by atoms with Gasteiger partial charge >= 0.3 is 0 Å². The third-order valence-electron chi connectivity index (χ3n) is 16.9. The summed E-state index contributed by atoms with van der Waals surface area (Å²) >= 11 is 0. The Bertz CT molecular complexity index is 4350. The average molecular weight is 1120 g/mol. The molecule has 2 atom stereocenters. The topological polar surface area (TPSA) is 234 Å². The number of aromatic nitrogens is 12. The van der Waals surface area contributed by atoms with Crippen LogP contribution in [0.25, 0.3) is 79.4 Å². The van der Waals surface area contributed by atoms with Crippen LogP contribution in [0.5, 0.6) is 11.5 Å². The fourth-order valence-corrected chi connectivity index (χ4v) is 12.5. The summed E-state index contributed by atoms with van der Waals surface area (Å²) in [6.45, 7) is 7.43. The van der Waals surface area contributed by atoms with Gasteiger partial charge in [-0.25, -0.2) is 39.3 Å². The Morgan fingerprint density at radius 3 is 1.70 bits per heavy atom. The molecular formula is C64H58N16O4. The molecule has 4 aliphatic rings. The van der Waals surface area contributed by atoms with Gasteiger partial charge in [-0.2, -0.15) is 10.2 Å². The number of nitrogens with two attached hydrogens (primary N) is 2. The van der Waals surface area contributed by atoms with Crippen molar-refractivity contribution in [3.05, 3.63) is 133 Å². The van der Waals surface area contributed by atoms with Crippen molar-refractivity contribution in [2.75, 3.05) is 50.9 Å². The smallest absolute Gasteiger partial charge is 0.298 e. The molecule has 20 nitrogen and oxygen atoms in total. The highest BCUT2D eigenvalue weighted by atomic mass is 16.5. The number of anilines is 2. The van der Waals surface area contributed by atoms with Gasteiger partial charge in [-0.3, -0.25) is 18.7 Å². The van der Waals surface area contributed by atoms with Crippen LogP contribution < -0.4 is 20.9 Å². The van der Waals surface area contributed by atoms with Crippen molar-refractivity contribution in [3.63, 3.8) is 0 Å². The van der Waals surface area contributed by atoms with E-state index in [1.54, 1.807) is 41.8 Å². The number of hydrogen-bond acceptors (Lipinski definition) is 14. The van der Waals surface area contributed by atoms with Crippen LogP contribution in [-0.2, 0) is 9.59 Å². The first-order valence-electron chi connectivity index (χ1n) is 28.4. The lowest BCUT2D eigenvalue weighted by Gasteiger charge is -2.31. The molecule has 2 aromatic carbocycles. The Morgan fingerprint density at radius 1 is 0.595 bits per heavy atom. The zero-order valence-electron chi connectivity index (χ0n) is 46.4.